The van der Waals surface area contributed by atoms with E-state index in [1.54, 1.807) is 17.0 Å². The summed E-state index contributed by atoms with van der Waals surface area (Å²) >= 11 is 0. The minimum Gasteiger partial charge on any atom is -0.487 e. The van der Waals surface area contributed by atoms with Crippen LogP contribution in [0, 0.1) is 11.6 Å². The number of carboxylic acid groups (broad SMARTS) is 1. The van der Waals surface area contributed by atoms with Crippen LogP contribution in [-0.2, 0) is 6.54 Å². The number of hydrogen-bond donors (Lipinski definition) is 2. The molecule has 2 aromatic rings. The Labute approximate surface area is 160 Å². The number of halogens is 2. The topological polar surface area (TPSA) is 78.9 Å². The van der Waals surface area contributed by atoms with Crippen LogP contribution in [0.2, 0.25) is 0 Å². The van der Waals surface area contributed by atoms with E-state index in [9.17, 15) is 18.4 Å². The molecule has 0 radical (unpaired) electrons. The van der Waals surface area contributed by atoms with Crippen LogP contribution >= 0.6 is 0 Å². The predicted octanol–water partition coefficient (Wildman–Crippen LogP) is 3.42. The van der Waals surface area contributed by atoms with Crippen LogP contribution in [-0.4, -0.2) is 41.2 Å². The normalized spacial score (nSPS) is 14.6. The zero-order valence-corrected chi connectivity index (χ0v) is 15.0. The van der Waals surface area contributed by atoms with Crippen molar-refractivity contribution in [1.29, 1.82) is 0 Å². The zero-order chi connectivity index (χ0) is 20.1. The highest BCUT2D eigenvalue weighted by Gasteiger charge is 2.24. The average molecular weight is 390 g/mol. The first kappa shape index (κ1) is 19.6. The van der Waals surface area contributed by atoms with Crippen molar-refractivity contribution in [3.05, 3.63) is 65.2 Å². The van der Waals surface area contributed by atoms with Gasteiger partial charge in [0, 0.05) is 38.5 Å². The molecule has 28 heavy (non-hydrogen) atoms. The fraction of sp³-hybridized carbons (Fsp3) is 0.300. The molecule has 1 aliphatic heterocycles. The highest BCUT2D eigenvalue weighted by molar-refractivity contribution is 5.87. The lowest BCUT2D eigenvalue weighted by Gasteiger charge is -2.32. The summed E-state index contributed by atoms with van der Waals surface area (Å²) in [6.45, 7) is 1.20. The lowest BCUT2D eigenvalue weighted by atomic mass is 10.1. The minimum atomic E-state index is -0.999. The molecule has 0 spiro atoms. The molecule has 0 unspecified atom stereocenters. The second kappa shape index (κ2) is 8.69. The highest BCUT2D eigenvalue weighted by Crippen LogP contribution is 2.23. The van der Waals surface area contributed by atoms with Gasteiger partial charge in [0.2, 0.25) is 0 Å². The molecule has 0 saturated carbocycles. The van der Waals surface area contributed by atoms with Gasteiger partial charge in [-0.1, -0.05) is 12.1 Å². The van der Waals surface area contributed by atoms with Gasteiger partial charge in [0.15, 0.2) is 11.6 Å². The fourth-order valence-corrected chi connectivity index (χ4v) is 2.98. The van der Waals surface area contributed by atoms with Crippen molar-refractivity contribution in [2.24, 2.45) is 0 Å². The number of urea groups is 1. The monoisotopic (exact) mass is 390 g/mol. The molecule has 1 fully saturated rings. The number of likely N-dealkylation sites (tertiary alicyclic amines) is 1. The summed E-state index contributed by atoms with van der Waals surface area (Å²) < 4.78 is 32.2. The van der Waals surface area contributed by atoms with Gasteiger partial charge in [0.1, 0.15) is 11.9 Å². The van der Waals surface area contributed by atoms with E-state index in [-0.39, 0.29) is 30.0 Å². The van der Waals surface area contributed by atoms with Crippen LogP contribution in [0.1, 0.15) is 28.8 Å². The van der Waals surface area contributed by atoms with Crippen LogP contribution < -0.4 is 10.1 Å². The van der Waals surface area contributed by atoms with E-state index in [1.807, 2.05) is 0 Å². The SMILES string of the molecule is O=C(O)c1ccc(CNC(=O)N2CCC(Oc3ccc(F)cc3F)CC2)cc1. The molecule has 3 rings (SSSR count). The summed E-state index contributed by atoms with van der Waals surface area (Å²) in [6, 6.07) is 9.24. The maximum Gasteiger partial charge on any atom is 0.335 e. The van der Waals surface area contributed by atoms with Gasteiger partial charge in [0.05, 0.1) is 5.56 Å². The van der Waals surface area contributed by atoms with Crippen LogP contribution in [0.4, 0.5) is 13.6 Å². The molecule has 1 aliphatic rings. The van der Waals surface area contributed by atoms with Gasteiger partial charge in [-0.25, -0.2) is 18.4 Å². The Morgan fingerprint density at radius 2 is 1.79 bits per heavy atom. The summed E-state index contributed by atoms with van der Waals surface area (Å²) in [5, 5.41) is 11.7. The summed E-state index contributed by atoms with van der Waals surface area (Å²) in [5.41, 5.74) is 0.984. The van der Waals surface area contributed by atoms with Crippen molar-refractivity contribution in [3.63, 3.8) is 0 Å². The lowest BCUT2D eigenvalue weighted by molar-refractivity contribution is 0.0696. The fourth-order valence-electron chi connectivity index (χ4n) is 2.98. The number of hydrogen-bond acceptors (Lipinski definition) is 3. The van der Waals surface area contributed by atoms with Crippen molar-refractivity contribution in [1.82, 2.24) is 10.2 Å². The summed E-state index contributed by atoms with van der Waals surface area (Å²) in [4.78, 5) is 24.8. The first-order valence-electron chi connectivity index (χ1n) is 8.89. The molecular weight excluding hydrogens is 370 g/mol. The molecule has 8 heteroatoms. The minimum absolute atomic E-state index is 0.00843. The molecule has 0 atom stereocenters. The molecule has 0 bridgehead atoms. The molecule has 2 aromatic carbocycles. The van der Waals surface area contributed by atoms with E-state index in [1.165, 1.54) is 18.2 Å². The van der Waals surface area contributed by atoms with Gasteiger partial charge in [-0.2, -0.15) is 0 Å². The zero-order valence-electron chi connectivity index (χ0n) is 15.0. The summed E-state index contributed by atoms with van der Waals surface area (Å²) in [6.07, 6.45) is 0.835. The number of ether oxygens (including phenoxy) is 1. The molecule has 6 nitrogen and oxygen atoms in total. The summed E-state index contributed by atoms with van der Waals surface area (Å²) in [7, 11) is 0. The van der Waals surface area contributed by atoms with E-state index in [0.717, 1.165) is 17.7 Å². The van der Waals surface area contributed by atoms with E-state index in [0.29, 0.717) is 25.9 Å². The highest BCUT2D eigenvalue weighted by atomic mass is 19.1. The van der Waals surface area contributed by atoms with E-state index in [4.69, 9.17) is 9.84 Å². The maximum absolute atomic E-state index is 13.7. The van der Waals surface area contributed by atoms with Crippen molar-refractivity contribution < 1.29 is 28.2 Å². The van der Waals surface area contributed by atoms with Gasteiger partial charge in [-0.05, 0) is 29.8 Å². The number of carbonyl (C=O) groups excluding carboxylic acids is 1. The standard InChI is InChI=1S/C20H20F2N2O4/c21-15-5-6-18(17(22)11-15)28-16-7-9-24(10-8-16)20(27)23-12-13-1-3-14(4-2-13)19(25)26/h1-6,11,16H,7-10,12H2,(H,23,27)(H,25,26). The molecule has 2 N–H and O–H groups in total. The van der Waals surface area contributed by atoms with Crippen LogP contribution in [0.15, 0.2) is 42.5 Å². The number of piperidine rings is 1. The number of nitrogens with one attached hydrogen (secondary N) is 1. The number of aromatic carboxylic acids is 1. The third-order valence-corrected chi connectivity index (χ3v) is 4.56. The largest absolute Gasteiger partial charge is 0.487 e. The second-order valence-corrected chi connectivity index (χ2v) is 6.54. The smallest absolute Gasteiger partial charge is 0.335 e. The van der Waals surface area contributed by atoms with E-state index in [2.05, 4.69) is 5.32 Å². The van der Waals surface area contributed by atoms with Crippen molar-refractivity contribution >= 4 is 12.0 Å². The Bertz CT molecular complexity index is 850. The van der Waals surface area contributed by atoms with Gasteiger partial charge >= 0.3 is 12.0 Å². The van der Waals surface area contributed by atoms with Crippen LogP contribution in [0.5, 0.6) is 5.75 Å². The Morgan fingerprint density at radius 1 is 1.11 bits per heavy atom. The van der Waals surface area contributed by atoms with Crippen molar-refractivity contribution in [3.8, 4) is 5.75 Å². The van der Waals surface area contributed by atoms with E-state index >= 15 is 0 Å². The van der Waals surface area contributed by atoms with Crippen LogP contribution in [0.25, 0.3) is 0 Å². The van der Waals surface area contributed by atoms with E-state index < -0.39 is 17.6 Å². The van der Waals surface area contributed by atoms with Gasteiger partial charge < -0.3 is 20.1 Å². The van der Waals surface area contributed by atoms with Gasteiger partial charge in [-0.15, -0.1) is 0 Å². The van der Waals surface area contributed by atoms with Gasteiger partial charge in [-0.3, -0.25) is 0 Å². The first-order valence-corrected chi connectivity index (χ1v) is 8.89. The quantitative estimate of drug-likeness (QED) is 0.820. The third-order valence-electron chi connectivity index (χ3n) is 4.56. The Balaban J connectivity index is 1.45. The average Bonchev–Trinajstić information content (AvgIpc) is 2.69. The predicted molar refractivity (Wildman–Crippen MR) is 97.2 cm³/mol. The number of carbonyl (C=O) groups is 2. The van der Waals surface area contributed by atoms with Crippen molar-refractivity contribution in [2.75, 3.05) is 13.1 Å². The molecule has 1 saturated heterocycles. The number of amides is 2. The molecule has 2 amide bonds. The molecular formula is C20H20F2N2O4. The number of benzene rings is 2. The molecule has 148 valence electrons. The molecule has 1 heterocycles. The van der Waals surface area contributed by atoms with Gasteiger partial charge in [0.25, 0.3) is 0 Å². The Hall–Kier alpha value is -3.16. The van der Waals surface area contributed by atoms with Crippen LogP contribution in [0.3, 0.4) is 0 Å². The number of rotatable bonds is 5. The Kier molecular flexibility index (Phi) is 6.08. The second-order valence-electron chi connectivity index (χ2n) is 6.54. The van der Waals surface area contributed by atoms with Crippen molar-refractivity contribution in [2.45, 2.75) is 25.5 Å². The maximum atomic E-state index is 13.7. The Morgan fingerprint density at radius 3 is 2.39 bits per heavy atom. The summed E-state index contributed by atoms with van der Waals surface area (Å²) in [5.74, 6) is -2.39. The third kappa shape index (κ3) is 4.97. The molecule has 0 aliphatic carbocycles. The number of nitrogens with zero attached hydrogens (tertiary/aromatic N) is 1. The molecule has 0 aromatic heterocycles. The first-order chi connectivity index (χ1) is 13.4. The lowest BCUT2D eigenvalue weighted by Crippen LogP contribution is -2.46. The number of carboxylic acids is 1.